The summed E-state index contributed by atoms with van der Waals surface area (Å²) in [4.78, 5) is 15.5. The lowest BCUT2D eigenvalue weighted by Gasteiger charge is -1.91. The molecule has 5 heteroatoms. The second-order valence-electron chi connectivity index (χ2n) is 4.94. The van der Waals surface area contributed by atoms with Crippen LogP contribution in [0.5, 0.6) is 0 Å². The van der Waals surface area contributed by atoms with Crippen LogP contribution in [0.1, 0.15) is 12.5 Å². The van der Waals surface area contributed by atoms with Crippen molar-refractivity contribution in [3.8, 4) is 6.07 Å². The highest BCUT2D eigenvalue weighted by Crippen LogP contribution is 2.18. The zero-order chi connectivity index (χ0) is 16.2. The molecule has 0 atom stereocenters. The summed E-state index contributed by atoms with van der Waals surface area (Å²) >= 11 is 1.33. The van der Waals surface area contributed by atoms with E-state index in [1.54, 1.807) is 10.6 Å². The van der Waals surface area contributed by atoms with Gasteiger partial charge in [0.05, 0.1) is 10.6 Å². The van der Waals surface area contributed by atoms with E-state index in [-0.39, 0.29) is 5.56 Å². The highest BCUT2D eigenvalue weighted by molar-refractivity contribution is 7.07. The number of para-hydroxylation sites is 1. The van der Waals surface area contributed by atoms with Crippen molar-refractivity contribution in [1.82, 2.24) is 9.55 Å². The second-order valence-corrected chi connectivity index (χ2v) is 6.01. The minimum atomic E-state index is -0.0532. The van der Waals surface area contributed by atoms with Crippen molar-refractivity contribution in [2.75, 3.05) is 0 Å². The summed E-state index contributed by atoms with van der Waals surface area (Å²) in [6.07, 6.45) is 9.01. The molecule has 0 aliphatic carbocycles. The molecule has 0 unspecified atom stereocenters. The summed E-state index contributed by atoms with van der Waals surface area (Å²) in [6, 6.07) is 10.1. The maximum absolute atomic E-state index is 12.3. The Morgan fingerprint density at radius 3 is 3.00 bits per heavy atom. The van der Waals surface area contributed by atoms with Crippen LogP contribution in [0.4, 0.5) is 0 Å². The minimum absolute atomic E-state index is 0.0532. The van der Waals surface area contributed by atoms with Crippen molar-refractivity contribution in [2.45, 2.75) is 13.5 Å². The van der Waals surface area contributed by atoms with Crippen molar-refractivity contribution >= 4 is 40.5 Å². The van der Waals surface area contributed by atoms with Crippen LogP contribution in [0.3, 0.4) is 0 Å². The van der Waals surface area contributed by atoms with Crippen LogP contribution in [0.25, 0.3) is 29.1 Å². The Balaban J connectivity index is 2.02. The van der Waals surface area contributed by atoms with Gasteiger partial charge in [0.2, 0.25) is 0 Å². The van der Waals surface area contributed by atoms with E-state index in [2.05, 4.69) is 11.1 Å². The van der Waals surface area contributed by atoms with Crippen LogP contribution in [0, 0.1) is 11.3 Å². The molecule has 0 fully saturated rings. The van der Waals surface area contributed by atoms with Gasteiger partial charge in [0.1, 0.15) is 4.66 Å². The van der Waals surface area contributed by atoms with E-state index in [9.17, 15) is 4.79 Å². The van der Waals surface area contributed by atoms with E-state index in [1.807, 2.05) is 49.5 Å². The molecule has 1 aromatic carbocycles. The summed E-state index contributed by atoms with van der Waals surface area (Å²) in [5, 5.41) is 9.95. The molecular formula is C18H15N3OS. The molecule has 23 heavy (non-hydrogen) atoms. The van der Waals surface area contributed by atoms with E-state index in [0.29, 0.717) is 15.7 Å². The van der Waals surface area contributed by atoms with Crippen molar-refractivity contribution in [3.05, 3.63) is 61.7 Å². The average molecular weight is 321 g/mol. The average Bonchev–Trinajstić information content (AvgIpc) is 3.10. The van der Waals surface area contributed by atoms with E-state index in [4.69, 9.17) is 5.26 Å². The van der Waals surface area contributed by atoms with Gasteiger partial charge in [-0.1, -0.05) is 30.4 Å². The molecule has 4 nitrogen and oxygen atoms in total. The van der Waals surface area contributed by atoms with E-state index in [0.717, 1.165) is 16.5 Å². The predicted molar refractivity (Wildman–Crippen MR) is 95.4 cm³/mol. The normalized spacial score (nSPS) is 13.2. The van der Waals surface area contributed by atoms with E-state index in [1.165, 1.54) is 17.4 Å². The molecule has 114 valence electrons. The van der Waals surface area contributed by atoms with Gasteiger partial charge in [0.25, 0.3) is 5.56 Å². The number of rotatable bonds is 3. The quantitative estimate of drug-likeness (QED) is 0.804. The molecule has 0 aliphatic rings. The van der Waals surface area contributed by atoms with Crippen LogP contribution in [0.2, 0.25) is 0 Å². The fourth-order valence-corrected chi connectivity index (χ4v) is 3.49. The lowest BCUT2D eigenvalue weighted by atomic mass is 10.1. The van der Waals surface area contributed by atoms with Crippen LogP contribution in [-0.4, -0.2) is 9.55 Å². The number of H-pyrrole nitrogens is 1. The molecule has 0 bridgehead atoms. The predicted octanol–water partition coefficient (Wildman–Crippen LogP) is 2.21. The van der Waals surface area contributed by atoms with Crippen molar-refractivity contribution in [1.29, 1.82) is 5.26 Å². The van der Waals surface area contributed by atoms with Gasteiger partial charge in [0, 0.05) is 29.7 Å². The van der Waals surface area contributed by atoms with Crippen LogP contribution in [-0.2, 0) is 6.54 Å². The summed E-state index contributed by atoms with van der Waals surface area (Å²) in [5.41, 5.74) is 2.11. The third-order valence-corrected chi connectivity index (χ3v) is 4.66. The van der Waals surface area contributed by atoms with Gasteiger partial charge < -0.3 is 4.98 Å². The molecule has 0 saturated carbocycles. The molecule has 3 aromatic rings. The summed E-state index contributed by atoms with van der Waals surface area (Å²) in [5.74, 6) is 0. The largest absolute Gasteiger partial charge is 0.361 e. The molecule has 1 N–H and O–H groups in total. The number of fused-ring (bicyclic) bond motifs is 1. The third-order valence-electron chi connectivity index (χ3n) is 3.59. The Hall–Kier alpha value is -2.84. The van der Waals surface area contributed by atoms with Gasteiger partial charge in [0.15, 0.2) is 0 Å². The molecule has 2 aromatic heterocycles. The van der Waals surface area contributed by atoms with Crippen molar-refractivity contribution in [2.24, 2.45) is 0 Å². The minimum Gasteiger partial charge on any atom is -0.361 e. The second kappa shape index (κ2) is 6.51. The molecule has 0 radical (unpaired) electrons. The molecule has 2 heterocycles. The van der Waals surface area contributed by atoms with Gasteiger partial charge in [-0.3, -0.25) is 9.36 Å². The number of nitrogens with zero attached hydrogens (tertiary/aromatic N) is 2. The number of nitrogens with one attached hydrogen (secondary N) is 1. The number of hydrogen-bond donors (Lipinski definition) is 1. The Morgan fingerprint density at radius 2 is 2.22 bits per heavy atom. The Bertz CT molecular complexity index is 1090. The van der Waals surface area contributed by atoms with Crippen LogP contribution < -0.4 is 14.8 Å². The lowest BCUT2D eigenvalue weighted by molar-refractivity contribution is 0.723. The van der Waals surface area contributed by atoms with Gasteiger partial charge in [-0.15, -0.1) is 11.3 Å². The molecule has 0 aliphatic heterocycles. The number of allylic oxidation sites excluding steroid dienone is 1. The summed E-state index contributed by atoms with van der Waals surface area (Å²) in [7, 11) is 0. The van der Waals surface area contributed by atoms with Crippen molar-refractivity contribution in [3.63, 3.8) is 0 Å². The Labute approximate surface area is 136 Å². The molecule has 0 amide bonds. The number of aromatic amines is 1. The number of nitriles is 1. The standard InChI is InChI=1S/C18H15N3OS/c1-2-21-17(10-11-19)23-16(18(21)22)9-5-6-13-12-20-15-8-4-3-7-14(13)15/h3-10,12,20H,2H2,1H3/b6-5+,16-9-,17-10+. The van der Waals surface area contributed by atoms with Gasteiger partial charge >= 0.3 is 0 Å². The summed E-state index contributed by atoms with van der Waals surface area (Å²) < 4.78 is 2.93. The number of benzene rings is 1. The van der Waals surface area contributed by atoms with Gasteiger partial charge in [-0.25, -0.2) is 0 Å². The maximum atomic E-state index is 12.3. The first kappa shape index (κ1) is 15.1. The fourth-order valence-electron chi connectivity index (χ4n) is 2.48. The third kappa shape index (κ3) is 2.89. The maximum Gasteiger partial charge on any atom is 0.269 e. The fraction of sp³-hybridized carbons (Fsp3) is 0.111. The van der Waals surface area contributed by atoms with Crippen LogP contribution >= 0.6 is 11.3 Å². The lowest BCUT2D eigenvalue weighted by Crippen LogP contribution is -2.30. The highest BCUT2D eigenvalue weighted by Gasteiger charge is 2.01. The van der Waals surface area contributed by atoms with E-state index < -0.39 is 0 Å². The zero-order valence-corrected chi connectivity index (χ0v) is 13.4. The number of hydrogen-bond acceptors (Lipinski definition) is 3. The smallest absolute Gasteiger partial charge is 0.269 e. The summed E-state index contributed by atoms with van der Waals surface area (Å²) in [6.45, 7) is 2.46. The first-order chi connectivity index (χ1) is 11.2. The van der Waals surface area contributed by atoms with Crippen LogP contribution in [0.15, 0.2) is 41.3 Å². The van der Waals surface area contributed by atoms with Crippen molar-refractivity contribution < 1.29 is 0 Å². The highest BCUT2D eigenvalue weighted by atomic mass is 32.1. The Morgan fingerprint density at radius 1 is 1.39 bits per heavy atom. The first-order valence-corrected chi connectivity index (χ1v) is 8.10. The molecular weight excluding hydrogens is 306 g/mol. The van der Waals surface area contributed by atoms with Gasteiger partial charge in [-0.05, 0) is 24.6 Å². The number of aromatic nitrogens is 2. The zero-order valence-electron chi connectivity index (χ0n) is 12.6. The van der Waals surface area contributed by atoms with E-state index >= 15 is 0 Å². The molecule has 0 spiro atoms. The topological polar surface area (TPSA) is 61.6 Å². The SMILES string of the molecule is CCn1c(=O)/c(=C/C=C/c2c[nH]c3ccccc23)s/c1=C/C#N. The molecule has 0 saturated heterocycles. The van der Waals surface area contributed by atoms with Gasteiger partial charge in [-0.2, -0.15) is 5.26 Å². The Kier molecular flexibility index (Phi) is 4.26. The first-order valence-electron chi connectivity index (χ1n) is 7.28. The molecule has 3 rings (SSSR count). The monoisotopic (exact) mass is 321 g/mol. The number of thiazole rings is 1.